The number of rotatable bonds is 7. The summed E-state index contributed by atoms with van der Waals surface area (Å²) in [4.78, 5) is 2.44. The Hall–Kier alpha value is -0.580. The van der Waals surface area contributed by atoms with Gasteiger partial charge in [0, 0.05) is 12.0 Å². The van der Waals surface area contributed by atoms with Gasteiger partial charge >= 0.3 is 15.5 Å². The maximum absolute atomic E-state index is 13.5. The van der Waals surface area contributed by atoms with E-state index in [4.69, 9.17) is 18.9 Å². The lowest BCUT2D eigenvalue weighted by Crippen LogP contribution is -2.61. The number of halogens is 3. The van der Waals surface area contributed by atoms with Crippen molar-refractivity contribution in [1.82, 2.24) is 9.62 Å². The molecule has 3 saturated heterocycles. The summed E-state index contributed by atoms with van der Waals surface area (Å²) in [6.45, 7) is 17.9. The van der Waals surface area contributed by atoms with E-state index < -0.39 is 50.9 Å². The van der Waals surface area contributed by atoms with E-state index in [1.807, 2.05) is 0 Å². The van der Waals surface area contributed by atoms with Gasteiger partial charge < -0.3 is 29.2 Å². The second-order valence-corrected chi connectivity index (χ2v) is 21.6. The highest BCUT2D eigenvalue weighted by Gasteiger charge is 2.84. The van der Waals surface area contributed by atoms with Crippen molar-refractivity contribution >= 4 is 10.0 Å². The molecule has 8 aliphatic rings. The highest BCUT2D eigenvalue weighted by molar-refractivity contribution is 7.90. The van der Waals surface area contributed by atoms with Crippen LogP contribution in [0.15, 0.2) is 0 Å². The van der Waals surface area contributed by atoms with Crippen molar-refractivity contribution in [1.29, 1.82) is 0 Å². The number of hydrogen-bond donors (Lipinski definition) is 3. The van der Waals surface area contributed by atoms with E-state index in [0.717, 1.165) is 71.2 Å². The number of alkyl halides is 3. The minimum atomic E-state index is -5.76. The van der Waals surface area contributed by atoms with Crippen LogP contribution in [0.5, 0.6) is 0 Å². The van der Waals surface area contributed by atoms with Crippen molar-refractivity contribution in [3.8, 4) is 0 Å². The standard InChI is InChI=1S/C38H61F3N2O8S/c1-21-16-23(30(33(4,5)45)42-52(46,47)38(39,40)41)50-29-28(21)34(6)12-13-37-20-36(37)11-10-26(51-27-17-43(14-15-49-27)22-18-48-19-22)32(2,3)24(36)8-9-25(37)35(34,7)31(29)44/h21-31,42,44-45H,8-20H2,1-7H3. The highest BCUT2D eigenvalue weighted by atomic mass is 32.2. The fourth-order valence-electron chi connectivity index (χ4n) is 14.3. The summed E-state index contributed by atoms with van der Waals surface area (Å²) in [6.07, 6.45) is 4.74. The molecule has 14 atom stereocenters. The predicted octanol–water partition coefficient (Wildman–Crippen LogP) is 4.82. The molecule has 0 radical (unpaired) electrons. The van der Waals surface area contributed by atoms with Crippen molar-refractivity contribution in [3.63, 3.8) is 0 Å². The van der Waals surface area contributed by atoms with Crippen LogP contribution >= 0.6 is 0 Å². The Balaban J connectivity index is 1.03. The predicted molar refractivity (Wildman–Crippen MR) is 185 cm³/mol. The maximum atomic E-state index is 13.5. The molecule has 14 heteroatoms. The Morgan fingerprint density at radius 1 is 1.00 bits per heavy atom. The number of morpholine rings is 1. The summed E-state index contributed by atoms with van der Waals surface area (Å²) in [7, 11) is -5.76. The lowest BCUT2D eigenvalue weighted by atomic mass is 9.41. The van der Waals surface area contributed by atoms with Gasteiger partial charge in [-0.25, -0.2) is 8.42 Å². The number of aliphatic hydroxyl groups excluding tert-OH is 1. The molecular weight excluding hydrogens is 701 g/mol. The Morgan fingerprint density at radius 2 is 1.67 bits per heavy atom. The largest absolute Gasteiger partial charge is 0.511 e. The van der Waals surface area contributed by atoms with E-state index in [0.29, 0.717) is 18.6 Å². The molecule has 0 aromatic rings. The Labute approximate surface area is 307 Å². The molecule has 8 rings (SSSR count). The molecule has 0 amide bonds. The van der Waals surface area contributed by atoms with Crippen LogP contribution in [0.25, 0.3) is 0 Å². The molecule has 0 aromatic heterocycles. The number of aliphatic hydroxyl groups is 2. The molecule has 10 nitrogen and oxygen atoms in total. The van der Waals surface area contributed by atoms with E-state index >= 15 is 0 Å². The van der Waals surface area contributed by atoms with Crippen LogP contribution in [0.2, 0.25) is 0 Å². The molecule has 3 heterocycles. The first-order valence-electron chi connectivity index (χ1n) is 19.8. The van der Waals surface area contributed by atoms with Crippen LogP contribution in [0.1, 0.15) is 99.8 Å². The quantitative estimate of drug-likeness (QED) is 0.335. The van der Waals surface area contributed by atoms with Crippen molar-refractivity contribution in [2.75, 3.05) is 32.9 Å². The van der Waals surface area contributed by atoms with Crippen molar-refractivity contribution in [2.45, 2.75) is 154 Å². The number of ether oxygens (including phenoxy) is 4. The van der Waals surface area contributed by atoms with E-state index in [2.05, 4.69) is 39.5 Å². The van der Waals surface area contributed by atoms with Crippen molar-refractivity contribution in [3.05, 3.63) is 0 Å². The third-order valence-electron chi connectivity index (χ3n) is 17.0. The zero-order chi connectivity index (χ0) is 37.7. The van der Waals surface area contributed by atoms with Gasteiger partial charge in [0.15, 0.2) is 6.29 Å². The van der Waals surface area contributed by atoms with Crippen molar-refractivity contribution < 1.29 is 50.7 Å². The van der Waals surface area contributed by atoms with E-state index in [9.17, 15) is 31.8 Å². The third-order valence-corrected chi connectivity index (χ3v) is 18.2. The van der Waals surface area contributed by atoms with Gasteiger partial charge in [-0.15, -0.1) is 0 Å². The Kier molecular flexibility index (Phi) is 8.82. The number of nitrogens with one attached hydrogen (secondary N) is 1. The van der Waals surface area contributed by atoms with Crippen LogP contribution in [-0.4, -0.2) is 110 Å². The van der Waals surface area contributed by atoms with Crippen LogP contribution in [0.3, 0.4) is 0 Å². The average Bonchev–Trinajstić information content (AvgIpc) is 3.64. The highest BCUT2D eigenvalue weighted by Crippen LogP contribution is 2.89. The zero-order valence-corrected chi connectivity index (χ0v) is 32.7. The number of nitrogens with zero attached hydrogens (tertiary/aromatic N) is 1. The lowest BCUT2D eigenvalue weighted by molar-refractivity contribution is -0.256. The fraction of sp³-hybridized carbons (Fsp3) is 1.00. The molecule has 3 N–H and O–H groups in total. The zero-order valence-electron chi connectivity index (χ0n) is 31.9. The van der Waals surface area contributed by atoms with E-state index in [-0.39, 0.29) is 58.2 Å². The number of sulfonamides is 1. The molecule has 2 spiro atoms. The SMILES string of the molecule is CC1CC(C(NS(=O)(=O)C(F)(F)F)C(C)(C)O)OC2C1C1(C)CCC34CC35CCC(OC3CN(C6COC6)CCO3)C(C)(C)C5CCC4C1(C)C2O. The second-order valence-electron chi connectivity index (χ2n) is 19.9. The van der Waals surface area contributed by atoms with E-state index in [1.54, 1.807) is 4.72 Å². The first-order chi connectivity index (χ1) is 24.0. The van der Waals surface area contributed by atoms with Crippen molar-refractivity contribution in [2.24, 2.45) is 50.7 Å². The molecule has 3 aliphatic heterocycles. The second kappa shape index (κ2) is 12.0. The van der Waals surface area contributed by atoms with Gasteiger partial charge in [0.05, 0.1) is 68.5 Å². The molecular formula is C38H61F3N2O8S. The van der Waals surface area contributed by atoms with Gasteiger partial charge in [0.1, 0.15) is 0 Å². The third kappa shape index (κ3) is 5.19. The minimum Gasteiger partial charge on any atom is -0.390 e. The number of hydrogen-bond acceptors (Lipinski definition) is 9. The van der Waals surface area contributed by atoms with Gasteiger partial charge in [-0.3, -0.25) is 4.90 Å². The number of fused-ring (bicyclic) bond motifs is 4. The van der Waals surface area contributed by atoms with Crippen LogP contribution in [-0.2, 0) is 29.0 Å². The average molecular weight is 763 g/mol. The van der Waals surface area contributed by atoms with Gasteiger partial charge in [-0.1, -0.05) is 34.6 Å². The maximum Gasteiger partial charge on any atom is 0.511 e. The minimum absolute atomic E-state index is 0.0530. The topological polar surface area (TPSA) is 127 Å². The molecule has 14 unspecified atom stereocenters. The molecule has 5 saturated carbocycles. The Bertz CT molecular complexity index is 1520. The van der Waals surface area contributed by atoms with Gasteiger partial charge in [0.2, 0.25) is 0 Å². The summed E-state index contributed by atoms with van der Waals surface area (Å²) >= 11 is 0. The fourth-order valence-corrected chi connectivity index (χ4v) is 15.3. The summed E-state index contributed by atoms with van der Waals surface area (Å²) in [5.74, 6) is 0.603. The van der Waals surface area contributed by atoms with Gasteiger partial charge in [0.25, 0.3) is 0 Å². The van der Waals surface area contributed by atoms with E-state index in [1.165, 1.54) is 13.8 Å². The van der Waals surface area contributed by atoms with Crippen LogP contribution in [0.4, 0.5) is 13.2 Å². The molecule has 0 bridgehead atoms. The molecule has 8 fully saturated rings. The van der Waals surface area contributed by atoms with Gasteiger partial charge in [-0.05, 0) is 111 Å². The molecule has 52 heavy (non-hydrogen) atoms. The smallest absolute Gasteiger partial charge is 0.390 e. The first-order valence-corrected chi connectivity index (χ1v) is 21.3. The summed E-state index contributed by atoms with van der Waals surface area (Å²) in [5.41, 5.74) is -7.95. The Morgan fingerprint density at radius 3 is 2.31 bits per heavy atom. The summed E-state index contributed by atoms with van der Waals surface area (Å²) in [5, 5.41) is 23.6. The normalized spacial score (nSPS) is 49.8. The van der Waals surface area contributed by atoms with Crippen LogP contribution in [0, 0.1) is 50.7 Å². The van der Waals surface area contributed by atoms with Gasteiger partial charge in [-0.2, -0.15) is 17.9 Å². The summed E-state index contributed by atoms with van der Waals surface area (Å²) < 4.78 is 91.9. The summed E-state index contributed by atoms with van der Waals surface area (Å²) in [6, 6.07) is -1.10. The monoisotopic (exact) mass is 762 g/mol. The first kappa shape index (κ1) is 38.3. The van der Waals surface area contributed by atoms with Crippen LogP contribution < -0.4 is 4.72 Å². The molecule has 298 valence electrons. The molecule has 5 aliphatic carbocycles. The molecule has 0 aromatic carbocycles. The lowest BCUT2D eigenvalue weighted by Gasteiger charge is -2.64.